The van der Waals surface area contributed by atoms with E-state index in [2.05, 4.69) is 24.6 Å². The average Bonchev–Trinajstić information content (AvgIpc) is 2.71. The predicted octanol–water partition coefficient (Wildman–Crippen LogP) is 3.47. The van der Waals surface area contributed by atoms with Gasteiger partial charge in [-0.3, -0.25) is 0 Å². The topological polar surface area (TPSA) is 25.0 Å². The maximum Gasteiger partial charge on any atom is 0.142 e. The van der Waals surface area contributed by atoms with Crippen LogP contribution in [0.25, 0.3) is 10.9 Å². The molecule has 2 aromatic rings. The second kappa shape index (κ2) is 3.81. The molecule has 0 radical (unpaired) electrons. The Morgan fingerprint density at radius 3 is 2.93 bits per heavy atom. The summed E-state index contributed by atoms with van der Waals surface area (Å²) in [4.78, 5) is 3.25. The molecule has 1 heterocycles. The number of rotatable bonds is 3. The molecule has 0 aliphatic heterocycles. The van der Waals surface area contributed by atoms with Crippen LogP contribution in [0.1, 0.15) is 18.4 Å². The van der Waals surface area contributed by atoms with Crippen LogP contribution < -0.4 is 4.74 Å². The van der Waals surface area contributed by atoms with Crippen molar-refractivity contribution in [1.82, 2.24) is 4.98 Å². The number of allylic oxidation sites excluding steroid dienone is 1. The molecule has 2 rings (SSSR count). The van der Waals surface area contributed by atoms with Crippen LogP contribution in [0.2, 0.25) is 0 Å². The normalized spacial score (nSPS) is 12.7. The van der Waals surface area contributed by atoms with Gasteiger partial charge in [-0.25, -0.2) is 0 Å². The lowest BCUT2D eigenvalue weighted by molar-refractivity contribution is 0.419. The minimum atomic E-state index is 0.353. The fraction of sp³-hybridized carbons (Fsp3) is 0.231. The number of aromatic nitrogens is 1. The van der Waals surface area contributed by atoms with Crippen LogP contribution in [-0.2, 0) is 0 Å². The highest BCUT2D eigenvalue weighted by atomic mass is 16.5. The minimum absolute atomic E-state index is 0.353. The molecule has 78 valence electrons. The van der Waals surface area contributed by atoms with Crippen molar-refractivity contribution in [2.75, 3.05) is 7.11 Å². The summed E-state index contributed by atoms with van der Waals surface area (Å²) in [6.07, 6.45) is 3.97. The lowest BCUT2D eigenvalue weighted by Gasteiger charge is -2.05. The van der Waals surface area contributed by atoms with Gasteiger partial charge in [0, 0.05) is 17.5 Å². The Bertz CT molecular complexity index is 484. The molecular formula is C13H15NO. The lowest BCUT2D eigenvalue weighted by atomic mass is 10.0. The number of fused-ring (bicyclic) bond motifs is 1. The van der Waals surface area contributed by atoms with Crippen LogP contribution in [0, 0.1) is 0 Å². The summed E-state index contributed by atoms with van der Waals surface area (Å²) in [6, 6.07) is 6.07. The molecule has 0 aliphatic carbocycles. The van der Waals surface area contributed by atoms with Gasteiger partial charge in [-0.15, -0.1) is 6.58 Å². The van der Waals surface area contributed by atoms with Gasteiger partial charge in [0.1, 0.15) is 5.75 Å². The van der Waals surface area contributed by atoms with Crippen LogP contribution >= 0.6 is 0 Å². The standard InChI is InChI=1S/C13H15NO/c1-4-9(2)11-8-14-13-10(11)6-5-7-12(13)15-3/h4-9,14H,1H2,2-3H3/t9-/m1/s1. The summed E-state index contributed by atoms with van der Waals surface area (Å²) in [7, 11) is 1.69. The van der Waals surface area contributed by atoms with Gasteiger partial charge < -0.3 is 9.72 Å². The Morgan fingerprint density at radius 2 is 2.27 bits per heavy atom. The first-order valence-corrected chi connectivity index (χ1v) is 5.04. The van der Waals surface area contributed by atoms with Crippen molar-refractivity contribution >= 4 is 10.9 Å². The molecule has 0 aliphatic rings. The first kappa shape index (κ1) is 9.84. The van der Waals surface area contributed by atoms with Crippen LogP contribution in [0.15, 0.2) is 37.1 Å². The van der Waals surface area contributed by atoms with Crippen LogP contribution in [0.4, 0.5) is 0 Å². The third-order valence-corrected chi connectivity index (χ3v) is 2.77. The third-order valence-electron chi connectivity index (χ3n) is 2.77. The highest BCUT2D eigenvalue weighted by molar-refractivity contribution is 5.88. The van der Waals surface area contributed by atoms with E-state index in [0.29, 0.717) is 5.92 Å². The molecule has 0 saturated heterocycles. The quantitative estimate of drug-likeness (QED) is 0.756. The molecule has 1 atom stereocenters. The van der Waals surface area contributed by atoms with Gasteiger partial charge in [0.2, 0.25) is 0 Å². The lowest BCUT2D eigenvalue weighted by Crippen LogP contribution is -1.86. The molecule has 0 spiro atoms. The van der Waals surface area contributed by atoms with Gasteiger partial charge in [-0.2, -0.15) is 0 Å². The Kier molecular flexibility index (Phi) is 2.50. The van der Waals surface area contributed by atoms with Crippen LogP contribution in [-0.4, -0.2) is 12.1 Å². The highest BCUT2D eigenvalue weighted by Gasteiger charge is 2.10. The maximum absolute atomic E-state index is 5.30. The molecule has 1 N–H and O–H groups in total. The maximum atomic E-state index is 5.30. The number of hydrogen-bond donors (Lipinski definition) is 1. The SMILES string of the molecule is C=C[C@@H](C)c1c[nH]c2c(OC)cccc12. The fourth-order valence-electron chi connectivity index (χ4n) is 1.82. The third kappa shape index (κ3) is 1.52. The van der Waals surface area contributed by atoms with Crippen molar-refractivity contribution in [3.8, 4) is 5.75 Å². The first-order chi connectivity index (χ1) is 7.27. The van der Waals surface area contributed by atoms with Gasteiger partial charge >= 0.3 is 0 Å². The van der Waals surface area contributed by atoms with Crippen molar-refractivity contribution in [2.45, 2.75) is 12.8 Å². The highest BCUT2D eigenvalue weighted by Crippen LogP contribution is 2.31. The molecule has 0 unspecified atom stereocenters. The van der Waals surface area contributed by atoms with E-state index in [1.807, 2.05) is 24.4 Å². The largest absolute Gasteiger partial charge is 0.495 e. The molecule has 2 heteroatoms. The van der Waals surface area contributed by atoms with Crippen molar-refractivity contribution < 1.29 is 4.74 Å². The molecular weight excluding hydrogens is 186 g/mol. The van der Waals surface area contributed by atoms with Gasteiger partial charge in [-0.05, 0) is 11.6 Å². The Labute approximate surface area is 89.6 Å². The van der Waals surface area contributed by atoms with E-state index in [1.165, 1.54) is 10.9 Å². The van der Waals surface area contributed by atoms with E-state index in [9.17, 15) is 0 Å². The number of H-pyrrole nitrogens is 1. The monoisotopic (exact) mass is 201 g/mol. The molecule has 1 aromatic heterocycles. The molecule has 0 saturated carbocycles. The first-order valence-electron chi connectivity index (χ1n) is 5.04. The molecule has 0 bridgehead atoms. The van der Waals surface area contributed by atoms with E-state index in [4.69, 9.17) is 4.74 Å². The molecule has 15 heavy (non-hydrogen) atoms. The molecule has 2 nitrogen and oxygen atoms in total. The minimum Gasteiger partial charge on any atom is -0.495 e. The average molecular weight is 201 g/mol. The number of aromatic amines is 1. The zero-order valence-electron chi connectivity index (χ0n) is 9.08. The van der Waals surface area contributed by atoms with Crippen molar-refractivity contribution in [1.29, 1.82) is 0 Å². The number of nitrogens with one attached hydrogen (secondary N) is 1. The van der Waals surface area contributed by atoms with E-state index in [-0.39, 0.29) is 0 Å². The zero-order chi connectivity index (χ0) is 10.8. The Morgan fingerprint density at radius 1 is 1.47 bits per heavy atom. The van der Waals surface area contributed by atoms with E-state index < -0.39 is 0 Å². The van der Waals surface area contributed by atoms with Crippen LogP contribution in [0.3, 0.4) is 0 Å². The Balaban J connectivity index is 2.65. The summed E-state index contributed by atoms with van der Waals surface area (Å²) < 4.78 is 5.30. The zero-order valence-corrected chi connectivity index (χ0v) is 9.08. The number of para-hydroxylation sites is 1. The van der Waals surface area contributed by atoms with Gasteiger partial charge in [0.15, 0.2) is 0 Å². The van der Waals surface area contributed by atoms with E-state index >= 15 is 0 Å². The predicted molar refractivity (Wildman–Crippen MR) is 63.5 cm³/mol. The fourth-order valence-corrected chi connectivity index (χ4v) is 1.82. The number of benzene rings is 1. The van der Waals surface area contributed by atoms with E-state index in [1.54, 1.807) is 7.11 Å². The number of ether oxygens (including phenoxy) is 1. The Hall–Kier alpha value is -1.70. The summed E-state index contributed by atoms with van der Waals surface area (Å²) in [5, 5.41) is 1.21. The smallest absolute Gasteiger partial charge is 0.142 e. The van der Waals surface area contributed by atoms with E-state index in [0.717, 1.165) is 11.3 Å². The summed E-state index contributed by atoms with van der Waals surface area (Å²) in [6.45, 7) is 5.95. The summed E-state index contributed by atoms with van der Waals surface area (Å²) in [5.74, 6) is 1.24. The number of hydrogen-bond acceptors (Lipinski definition) is 1. The van der Waals surface area contributed by atoms with Gasteiger partial charge in [-0.1, -0.05) is 25.1 Å². The van der Waals surface area contributed by atoms with Gasteiger partial charge in [0.05, 0.1) is 12.6 Å². The summed E-state index contributed by atoms with van der Waals surface area (Å²) >= 11 is 0. The number of methoxy groups -OCH3 is 1. The van der Waals surface area contributed by atoms with Crippen molar-refractivity contribution in [2.24, 2.45) is 0 Å². The molecule has 1 aromatic carbocycles. The second-order valence-corrected chi connectivity index (χ2v) is 3.65. The van der Waals surface area contributed by atoms with Crippen molar-refractivity contribution in [3.05, 3.63) is 42.6 Å². The summed E-state index contributed by atoms with van der Waals surface area (Å²) in [5.41, 5.74) is 2.32. The van der Waals surface area contributed by atoms with Crippen LogP contribution in [0.5, 0.6) is 5.75 Å². The van der Waals surface area contributed by atoms with Gasteiger partial charge in [0.25, 0.3) is 0 Å². The second-order valence-electron chi connectivity index (χ2n) is 3.65. The van der Waals surface area contributed by atoms with Crippen molar-refractivity contribution in [3.63, 3.8) is 0 Å². The molecule has 0 amide bonds. The molecule has 0 fully saturated rings.